The van der Waals surface area contributed by atoms with Crippen LogP contribution in [0.1, 0.15) is 11.5 Å². The van der Waals surface area contributed by atoms with E-state index in [-0.39, 0.29) is 15.7 Å². The van der Waals surface area contributed by atoms with Gasteiger partial charge in [-0.05, 0) is 34.5 Å². The van der Waals surface area contributed by atoms with Crippen LogP contribution in [-0.2, 0) is 0 Å². The molecule has 0 N–H and O–H groups in total. The lowest BCUT2D eigenvalue weighted by Crippen LogP contribution is -2.06. The molecule has 0 atom stereocenters. The average molecular weight is 272 g/mol. The molecule has 0 aliphatic carbocycles. The minimum atomic E-state index is -0.577. The van der Waals surface area contributed by atoms with Gasteiger partial charge in [-0.1, -0.05) is 0 Å². The van der Waals surface area contributed by atoms with Crippen molar-refractivity contribution in [1.29, 1.82) is 0 Å². The normalized spacial score (nSPS) is 10.9. The van der Waals surface area contributed by atoms with E-state index in [1.807, 2.05) is 0 Å². The zero-order valence-electron chi connectivity index (χ0n) is 8.10. The molecule has 2 aromatic rings. The molecule has 3 nitrogen and oxygen atoms in total. The second-order valence-electron chi connectivity index (χ2n) is 3.23. The molecule has 0 aliphatic rings. The molecular weight excluding hydrogens is 265 g/mol. The topological polar surface area (TPSA) is 43.1 Å². The average Bonchev–Trinajstić information content (AvgIpc) is 2.13. The van der Waals surface area contributed by atoms with Crippen molar-refractivity contribution >= 4 is 26.8 Å². The van der Waals surface area contributed by atoms with Crippen molar-refractivity contribution in [2.24, 2.45) is 0 Å². The van der Waals surface area contributed by atoms with E-state index < -0.39 is 11.4 Å². The Morgan fingerprint density at radius 2 is 2.13 bits per heavy atom. The molecule has 0 radical (unpaired) electrons. The highest BCUT2D eigenvalue weighted by molar-refractivity contribution is 9.10. The van der Waals surface area contributed by atoms with Crippen molar-refractivity contribution in [2.45, 2.75) is 13.8 Å². The molecule has 0 saturated carbocycles. The van der Waals surface area contributed by atoms with Gasteiger partial charge in [0.25, 0.3) is 0 Å². The van der Waals surface area contributed by atoms with Gasteiger partial charge in [-0.2, -0.15) is 0 Å². The van der Waals surface area contributed by atoms with Crippen LogP contribution in [-0.4, -0.2) is 4.98 Å². The van der Waals surface area contributed by atoms with Crippen LogP contribution in [0.5, 0.6) is 0 Å². The van der Waals surface area contributed by atoms with Crippen molar-refractivity contribution in [3.8, 4) is 0 Å². The highest BCUT2D eigenvalue weighted by Crippen LogP contribution is 2.25. The Morgan fingerprint density at radius 1 is 1.47 bits per heavy atom. The van der Waals surface area contributed by atoms with E-state index in [1.54, 1.807) is 13.8 Å². The maximum atomic E-state index is 13.3. The molecule has 0 saturated heterocycles. The lowest BCUT2D eigenvalue weighted by molar-refractivity contribution is 0.466. The minimum Gasteiger partial charge on any atom is -0.408 e. The molecule has 78 valence electrons. The number of nitrogens with zero attached hydrogens (tertiary/aromatic N) is 1. The lowest BCUT2D eigenvalue weighted by Gasteiger charge is -2.04. The summed E-state index contributed by atoms with van der Waals surface area (Å²) in [6.45, 7) is 3.28. The Labute approximate surface area is 93.1 Å². The third-order valence-electron chi connectivity index (χ3n) is 2.10. The van der Waals surface area contributed by atoms with E-state index in [2.05, 4.69) is 20.9 Å². The largest absolute Gasteiger partial charge is 0.408 e. The number of rotatable bonds is 0. The predicted octanol–water partition coefficient (Wildman–Crippen LogP) is 2.71. The Kier molecular flexibility index (Phi) is 2.34. The zero-order chi connectivity index (χ0) is 11.2. The predicted molar refractivity (Wildman–Crippen MR) is 57.4 cm³/mol. The second-order valence-corrected chi connectivity index (χ2v) is 4.03. The van der Waals surface area contributed by atoms with E-state index in [9.17, 15) is 9.18 Å². The summed E-state index contributed by atoms with van der Waals surface area (Å²) in [6.07, 6.45) is 0. The molecule has 0 amide bonds. The van der Waals surface area contributed by atoms with Crippen molar-refractivity contribution in [3.05, 3.63) is 38.2 Å². The molecule has 0 aliphatic heterocycles. The molecule has 15 heavy (non-hydrogen) atoms. The summed E-state index contributed by atoms with van der Waals surface area (Å²) in [5.74, 6) is -0.216. The molecule has 0 unspecified atom stereocenters. The first-order valence-corrected chi connectivity index (χ1v) is 5.06. The van der Waals surface area contributed by atoms with Crippen LogP contribution in [0.15, 0.2) is 19.8 Å². The summed E-state index contributed by atoms with van der Waals surface area (Å²) < 4.78 is 18.3. The number of hydrogen-bond donors (Lipinski definition) is 0. The Morgan fingerprint density at radius 3 is 2.80 bits per heavy atom. The van der Waals surface area contributed by atoms with Crippen LogP contribution in [0.3, 0.4) is 0 Å². The zero-order valence-corrected chi connectivity index (χ0v) is 9.68. The van der Waals surface area contributed by atoms with Gasteiger partial charge >= 0.3 is 5.63 Å². The van der Waals surface area contributed by atoms with Crippen molar-refractivity contribution in [1.82, 2.24) is 4.98 Å². The number of benzene rings is 1. The highest BCUT2D eigenvalue weighted by atomic mass is 79.9. The molecular formula is C10H7BrFNO2. The summed E-state index contributed by atoms with van der Waals surface area (Å²) in [4.78, 5) is 15.6. The molecule has 2 rings (SSSR count). The monoisotopic (exact) mass is 271 g/mol. The van der Waals surface area contributed by atoms with E-state index in [0.29, 0.717) is 11.1 Å². The van der Waals surface area contributed by atoms with Crippen LogP contribution < -0.4 is 5.63 Å². The van der Waals surface area contributed by atoms with E-state index >= 15 is 0 Å². The van der Waals surface area contributed by atoms with Crippen LogP contribution in [0.2, 0.25) is 0 Å². The number of hydrogen-bond acceptors (Lipinski definition) is 3. The fourth-order valence-corrected chi connectivity index (χ4v) is 1.90. The van der Waals surface area contributed by atoms with Gasteiger partial charge in [0.05, 0.1) is 9.99 Å². The van der Waals surface area contributed by atoms with Gasteiger partial charge in [0.2, 0.25) is 0 Å². The van der Waals surface area contributed by atoms with Crippen LogP contribution >= 0.6 is 15.9 Å². The standard InChI is InChI=1S/C10H7BrFNO2/c1-4-3-6(12)8(11)7-9(4)13-5(2)15-10(7)14/h3H,1-2H3. The Bertz CT molecular complexity index is 606. The minimum absolute atomic E-state index is 0.101. The lowest BCUT2D eigenvalue weighted by atomic mass is 10.1. The summed E-state index contributed by atoms with van der Waals surface area (Å²) >= 11 is 3.02. The summed E-state index contributed by atoms with van der Waals surface area (Å²) in [6, 6.07) is 1.33. The van der Waals surface area contributed by atoms with E-state index in [0.717, 1.165) is 0 Å². The smallest absolute Gasteiger partial charge is 0.348 e. The molecule has 1 aromatic heterocycles. The maximum absolute atomic E-state index is 13.3. The first-order chi connectivity index (χ1) is 7.00. The number of halogens is 2. The van der Waals surface area contributed by atoms with Gasteiger partial charge in [-0.15, -0.1) is 0 Å². The van der Waals surface area contributed by atoms with Gasteiger partial charge < -0.3 is 4.42 Å². The number of fused-ring (bicyclic) bond motifs is 1. The van der Waals surface area contributed by atoms with Gasteiger partial charge in [0, 0.05) is 6.92 Å². The summed E-state index contributed by atoms with van der Waals surface area (Å²) in [7, 11) is 0. The summed E-state index contributed by atoms with van der Waals surface area (Å²) in [5, 5.41) is 0.151. The van der Waals surface area contributed by atoms with Gasteiger partial charge in [-0.3, -0.25) is 0 Å². The molecule has 1 aromatic carbocycles. The SMILES string of the molecule is Cc1nc2c(C)cc(F)c(Br)c2c(=O)o1. The Balaban J connectivity index is 3.10. The highest BCUT2D eigenvalue weighted by Gasteiger charge is 2.14. The molecule has 1 heterocycles. The molecule has 0 fully saturated rings. The fourth-order valence-electron chi connectivity index (χ4n) is 1.44. The maximum Gasteiger partial charge on any atom is 0.348 e. The van der Waals surface area contributed by atoms with Crippen LogP contribution in [0, 0.1) is 19.7 Å². The number of aryl methyl sites for hydroxylation is 2. The second kappa shape index (κ2) is 3.41. The van der Waals surface area contributed by atoms with E-state index in [1.165, 1.54) is 6.07 Å². The quantitative estimate of drug-likeness (QED) is 0.740. The van der Waals surface area contributed by atoms with Crippen LogP contribution in [0.25, 0.3) is 10.9 Å². The molecule has 0 spiro atoms. The fraction of sp³-hybridized carbons (Fsp3) is 0.200. The van der Waals surface area contributed by atoms with Crippen LogP contribution in [0.4, 0.5) is 4.39 Å². The van der Waals surface area contributed by atoms with E-state index in [4.69, 9.17) is 4.42 Å². The first-order valence-electron chi connectivity index (χ1n) is 4.26. The third kappa shape index (κ3) is 1.56. The van der Waals surface area contributed by atoms with Gasteiger partial charge in [0.1, 0.15) is 11.2 Å². The third-order valence-corrected chi connectivity index (χ3v) is 2.87. The number of aromatic nitrogens is 1. The summed E-state index contributed by atoms with van der Waals surface area (Å²) in [5.41, 5.74) is 0.505. The molecule has 0 bridgehead atoms. The van der Waals surface area contributed by atoms with Crippen molar-refractivity contribution in [3.63, 3.8) is 0 Å². The van der Waals surface area contributed by atoms with Crippen molar-refractivity contribution in [2.75, 3.05) is 0 Å². The van der Waals surface area contributed by atoms with Gasteiger partial charge in [0.15, 0.2) is 5.89 Å². The van der Waals surface area contributed by atoms with Crippen molar-refractivity contribution < 1.29 is 8.81 Å². The Hall–Kier alpha value is -1.23. The first kappa shape index (κ1) is 10.3. The molecule has 5 heteroatoms. The van der Waals surface area contributed by atoms with Gasteiger partial charge in [-0.25, -0.2) is 14.2 Å².